The number of benzene rings is 1. The molecule has 1 aromatic rings. The van der Waals surface area contributed by atoms with Gasteiger partial charge in [-0.25, -0.2) is 0 Å². The van der Waals surface area contributed by atoms with Gasteiger partial charge in [0.15, 0.2) is 0 Å². The van der Waals surface area contributed by atoms with Crippen LogP contribution in [0.3, 0.4) is 0 Å². The van der Waals surface area contributed by atoms with Gasteiger partial charge in [-0.3, -0.25) is 19.8 Å². The molecule has 1 saturated heterocycles. The average Bonchev–Trinajstić information content (AvgIpc) is 2.67. The Bertz CT molecular complexity index is 561. The van der Waals surface area contributed by atoms with Crippen LogP contribution in [-0.2, 0) is 16.0 Å². The minimum atomic E-state index is -0.925. The highest BCUT2D eigenvalue weighted by Crippen LogP contribution is 2.38. The fourth-order valence-corrected chi connectivity index (χ4v) is 3.37. The van der Waals surface area contributed by atoms with E-state index in [2.05, 4.69) is 0 Å². The number of nitrogens with zero attached hydrogens (tertiary/aromatic N) is 2. The van der Waals surface area contributed by atoms with Crippen LogP contribution in [0.4, 0.5) is 0 Å². The quantitative estimate of drug-likeness (QED) is 0.799. The summed E-state index contributed by atoms with van der Waals surface area (Å²) in [5, 5.41) is 12.5. The van der Waals surface area contributed by atoms with E-state index in [9.17, 15) is 14.8 Å². The van der Waals surface area contributed by atoms with Gasteiger partial charge < -0.3 is 5.73 Å². The second-order valence-electron chi connectivity index (χ2n) is 6.72. The molecule has 126 valence electrons. The van der Waals surface area contributed by atoms with E-state index in [0.717, 1.165) is 10.7 Å². The molecule has 0 saturated carbocycles. The third kappa shape index (κ3) is 4.09. The molecule has 23 heavy (non-hydrogen) atoms. The average molecular weight is 319 g/mol. The van der Waals surface area contributed by atoms with Crippen LogP contribution in [0.25, 0.3) is 0 Å². The number of carbonyl (C=O) groups excluding carboxylic acids is 2. The van der Waals surface area contributed by atoms with Crippen molar-refractivity contribution in [1.29, 1.82) is 0 Å². The molecule has 1 aliphatic heterocycles. The number of hydrogen-bond acceptors (Lipinski definition) is 4. The van der Waals surface area contributed by atoms with Crippen molar-refractivity contribution < 1.29 is 14.8 Å². The second kappa shape index (κ2) is 7.10. The first-order chi connectivity index (χ1) is 10.8. The lowest BCUT2D eigenvalue weighted by atomic mass is 9.77. The van der Waals surface area contributed by atoms with Crippen LogP contribution in [0.5, 0.6) is 0 Å². The molecule has 1 atom stereocenters. The first-order valence-electron chi connectivity index (χ1n) is 7.94. The van der Waals surface area contributed by atoms with Gasteiger partial charge in [0, 0.05) is 13.0 Å². The zero-order valence-corrected chi connectivity index (χ0v) is 13.7. The van der Waals surface area contributed by atoms with Crippen LogP contribution >= 0.6 is 0 Å². The zero-order valence-electron chi connectivity index (χ0n) is 13.7. The molecule has 1 aromatic carbocycles. The molecule has 0 spiro atoms. The van der Waals surface area contributed by atoms with Crippen LogP contribution in [0.1, 0.15) is 32.3 Å². The van der Waals surface area contributed by atoms with Gasteiger partial charge in [-0.2, -0.15) is 0 Å². The van der Waals surface area contributed by atoms with Gasteiger partial charge in [-0.15, -0.1) is 0 Å². The number of hydrogen-bond donors (Lipinski definition) is 2. The third-order valence-electron chi connectivity index (χ3n) is 4.18. The van der Waals surface area contributed by atoms with Crippen LogP contribution in [-0.4, -0.2) is 40.3 Å². The van der Waals surface area contributed by atoms with Crippen molar-refractivity contribution in [3.05, 3.63) is 35.9 Å². The molecule has 0 aliphatic carbocycles. The predicted molar refractivity (Wildman–Crippen MR) is 86.1 cm³/mol. The standard InChI is InChI=1S/C17H25N3O3/c1-13(2)10-17(11-15(18)21)12-20(23)19(16(17)22)9-8-14-6-4-3-5-7-14/h3-7,13,23H,8-12H2,1-2H3,(H2,18,21). The Morgan fingerprint density at radius 2 is 2.00 bits per heavy atom. The molecule has 1 aliphatic rings. The Kier molecular flexibility index (Phi) is 5.38. The summed E-state index contributed by atoms with van der Waals surface area (Å²) in [5.41, 5.74) is 5.50. The fraction of sp³-hybridized carbons (Fsp3) is 0.529. The highest BCUT2D eigenvalue weighted by Gasteiger charge is 2.51. The van der Waals surface area contributed by atoms with E-state index in [0.29, 0.717) is 19.4 Å². The second-order valence-corrected chi connectivity index (χ2v) is 6.72. The van der Waals surface area contributed by atoms with Gasteiger partial charge in [-0.05, 0) is 24.3 Å². The Balaban J connectivity index is 2.12. The number of rotatable bonds is 7. The van der Waals surface area contributed by atoms with E-state index < -0.39 is 11.3 Å². The SMILES string of the molecule is CC(C)CC1(CC(N)=O)CN(O)N(CCc2ccccc2)C1=O. The largest absolute Gasteiger partial charge is 0.370 e. The normalized spacial score (nSPS) is 22.1. The van der Waals surface area contributed by atoms with Crippen LogP contribution in [0.15, 0.2) is 30.3 Å². The van der Waals surface area contributed by atoms with E-state index >= 15 is 0 Å². The van der Waals surface area contributed by atoms with Crippen LogP contribution in [0.2, 0.25) is 0 Å². The Morgan fingerprint density at radius 1 is 1.35 bits per heavy atom. The summed E-state index contributed by atoms with van der Waals surface area (Å²) < 4.78 is 0. The van der Waals surface area contributed by atoms with E-state index in [1.807, 2.05) is 44.2 Å². The number of carbonyl (C=O) groups is 2. The molecule has 0 aromatic heterocycles. The van der Waals surface area contributed by atoms with Gasteiger partial charge in [0.2, 0.25) is 11.8 Å². The summed E-state index contributed by atoms with van der Waals surface area (Å²) in [4.78, 5) is 24.3. The molecule has 1 heterocycles. The van der Waals surface area contributed by atoms with Gasteiger partial charge in [-0.1, -0.05) is 49.4 Å². The molecular formula is C17H25N3O3. The van der Waals surface area contributed by atoms with E-state index in [1.54, 1.807) is 0 Å². The minimum Gasteiger partial charge on any atom is -0.370 e. The van der Waals surface area contributed by atoms with E-state index in [-0.39, 0.29) is 24.8 Å². The van der Waals surface area contributed by atoms with Crippen molar-refractivity contribution in [2.75, 3.05) is 13.1 Å². The van der Waals surface area contributed by atoms with Gasteiger partial charge >= 0.3 is 0 Å². The predicted octanol–water partition coefficient (Wildman–Crippen LogP) is 1.59. The number of primary amides is 1. The van der Waals surface area contributed by atoms with Crippen LogP contribution < -0.4 is 5.73 Å². The minimum absolute atomic E-state index is 0.0388. The van der Waals surface area contributed by atoms with Gasteiger partial charge in [0.1, 0.15) is 0 Å². The number of hydrazine groups is 1. The lowest BCUT2D eigenvalue weighted by molar-refractivity contribution is -0.217. The van der Waals surface area contributed by atoms with Gasteiger partial charge in [0.25, 0.3) is 0 Å². The maximum atomic E-state index is 12.8. The molecule has 0 bridgehead atoms. The lowest BCUT2D eigenvalue weighted by Gasteiger charge is -2.26. The third-order valence-corrected chi connectivity index (χ3v) is 4.18. The molecule has 2 rings (SSSR count). The Hall–Kier alpha value is -1.92. The summed E-state index contributed by atoms with van der Waals surface area (Å²) in [5.74, 6) is -0.512. The van der Waals surface area contributed by atoms with Crippen molar-refractivity contribution >= 4 is 11.8 Å². The first kappa shape index (κ1) is 17.4. The van der Waals surface area contributed by atoms with E-state index in [4.69, 9.17) is 5.73 Å². The molecule has 1 fully saturated rings. The Labute approximate surface area is 136 Å². The molecule has 0 radical (unpaired) electrons. The summed E-state index contributed by atoms with van der Waals surface area (Å²) in [6.45, 7) is 4.47. The molecule has 6 heteroatoms. The van der Waals surface area contributed by atoms with Crippen molar-refractivity contribution in [3.8, 4) is 0 Å². The monoisotopic (exact) mass is 319 g/mol. The topological polar surface area (TPSA) is 86.9 Å². The highest BCUT2D eigenvalue weighted by atomic mass is 16.6. The van der Waals surface area contributed by atoms with Crippen molar-refractivity contribution in [1.82, 2.24) is 10.2 Å². The summed E-state index contributed by atoms with van der Waals surface area (Å²) in [6.07, 6.45) is 1.12. The summed E-state index contributed by atoms with van der Waals surface area (Å²) in [6, 6.07) is 9.77. The molecule has 3 N–H and O–H groups in total. The van der Waals surface area contributed by atoms with Crippen LogP contribution in [0, 0.1) is 11.3 Å². The maximum absolute atomic E-state index is 12.8. The van der Waals surface area contributed by atoms with Crippen molar-refractivity contribution in [2.45, 2.75) is 33.1 Å². The van der Waals surface area contributed by atoms with Gasteiger partial charge in [0.05, 0.1) is 12.0 Å². The van der Waals surface area contributed by atoms with Crippen molar-refractivity contribution in [3.63, 3.8) is 0 Å². The van der Waals surface area contributed by atoms with E-state index in [1.165, 1.54) is 5.01 Å². The summed E-state index contributed by atoms with van der Waals surface area (Å²) in [7, 11) is 0. The van der Waals surface area contributed by atoms with Crippen molar-refractivity contribution in [2.24, 2.45) is 17.1 Å². The molecule has 1 unspecified atom stereocenters. The molecule has 6 nitrogen and oxygen atoms in total. The number of nitrogens with two attached hydrogens (primary N) is 1. The summed E-state index contributed by atoms with van der Waals surface area (Å²) >= 11 is 0. The zero-order chi connectivity index (χ0) is 17.0. The fourth-order valence-electron chi connectivity index (χ4n) is 3.37. The maximum Gasteiger partial charge on any atom is 0.246 e. The highest BCUT2D eigenvalue weighted by molar-refractivity contribution is 5.89. The first-order valence-corrected chi connectivity index (χ1v) is 7.94. The Morgan fingerprint density at radius 3 is 2.57 bits per heavy atom. The molecular weight excluding hydrogens is 294 g/mol. The number of amides is 2. The number of hydroxylamine groups is 1. The molecule has 2 amide bonds. The lowest BCUT2D eigenvalue weighted by Crippen LogP contribution is -2.41. The smallest absolute Gasteiger partial charge is 0.246 e.